The van der Waals surface area contributed by atoms with E-state index in [0.29, 0.717) is 28.7 Å². The number of rotatable bonds is 0. The van der Waals surface area contributed by atoms with Crippen molar-refractivity contribution in [1.82, 2.24) is 19.6 Å². The highest BCUT2D eigenvalue weighted by atomic mass is 16.1. The summed E-state index contributed by atoms with van der Waals surface area (Å²) in [6.07, 6.45) is 0. The second-order valence-electron chi connectivity index (χ2n) is 4.93. The van der Waals surface area contributed by atoms with Crippen LogP contribution in [0, 0.1) is 13.8 Å². The number of hydrogen-bond donors (Lipinski definition) is 2. The van der Waals surface area contributed by atoms with Crippen molar-refractivity contribution in [1.29, 1.82) is 0 Å². The average Bonchev–Trinajstić information content (AvgIpc) is 2.74. The summed E-state index contributed by atoms with van der Waals surface area (Å²) in [5, 5.41) is 14.3. The molecule has 0 radical (unpaired) electrons. The molecule has 0 saturated carbocycles. The molecule has 3 aromatic rings. The number of aryl methyl sites for hydroxylation is 2. The number of fused-ring (bicyclic) bond motifs is 4. The Balaban J connectivity index is 2.10. The van der Waals surface area contributed by atoms with Crippen LogP contribution in [-0.4, -0.2) is 25.5 Å². The first-order valence-electron chi connectivity index (χ1n) is 6.55. The van der Waals surface area contributed by atoms with Crippen molar-refractivity contribution in [2.24, 2.45) is 0 Å². The van der Waals surface area contributed by atoms with E-state index in [2.05, 4.69) is 25.8 Å². The van der Waals surface area contributed by atoms with E-state index in [1.165, 1.54) is 0 Å². The molecule has 1 amide bonds. The van der Waals surface area contributed by atoms with Crippen molar-refractivity contribution in [3.8, 4) is 0 Å². The van der Waals surface area contributed by atoms with Crippen molar-refractivity contribution in [2.45, 2.75) is 13.8 Å². The summed E-state index contributed by atoms with van der Waals surface area (Å²) in [5.41, 5.74) is 2.67. The molecule has 0 fully saturated rings. The molecule has 0 aliphatic carbocycles. The van der Waals surface area contributed by atoms with Crippen LogP contribution in [0.1, 0.15) is 21.9 Å². The van der Waals surface area contributed by atoms with Crippen LogP contribution in [0.25, 0.3) is 5.78 Å². The quantitative estimate of drug-likeness (QED) is 0.658. The van der Waals surface area contributed by atoms with E-state index in [1.807, 2.05) is 31.2 Å². The van der Waals surface area contributed by atoms with E-state index < -0.39 is 0 Å². The standard InChI is InChI=1S/C14H12N6O/c1-7-11-12(20-8(2)18-19-14(20)15-7)16-9-5-3-4-6-10(9)17-13(11)21/h3-6,16H,1-2H3,(H,17,21). The highest BCUT2D eigenvalue weighted by molar-refractivity contribution is 6.12. The molecule has 1 aliphatic heterocycles. The summed E-state index contributed by atoms with van der Waals surface area (Å²) < 4.78 is 1.75. The van der Waals surface area contributed by atoms with Gasteiger partial charge < -0.3 is 10.6 Å². The summed E-state index contributed by atoms with van der Waals surface area (Å²) in [6.45, 7) is 3.62. The molecule has 1 aromatic carbocycles. The summed E-state index contributed by atoms with van der Waals surface area (Å²) >= 11 is 0. The van der Waals surface area contributed by atoms with Crippen molar-refractivity contribution in [3.63, 3.8) is 0 Å². The van der Waals surface area contributed by atoms with E-state index in [9.17, 15) is 4.79 Å². The van der Waals surface area contributed by atoms with Crippen LogP contribution in [0.15, 0.2) is 24.3 Å². The third kappa shape index (κ3) is 1.60. The number of hydrogen-bond acceptors (Lipinski definition) is 5. The molecule has 7 heteroatoms. The molecular formula is C14H12N6O. The summed E-state index contributed by atoms with van der Waals surface area (Å²) in [5.74, 6) is 1.60. The van der Waals surface area contributed by atoms with Gasteiger partial charge in [0.1, 0.15) is 17.2 Å². The van der Waals surface area contributed by atoms with Gasteiger partial charge in [-0.3, -0.25) is 4.79 Å². The van der Waals surface area contributed by atoms with Gasteiger partial charge in [0.15, 0.2) is 0 Å². The Hall–Kier alpha value is -2.96. The second kappa shape index (κ2) is 4.02. The smallest absolute Gasteiger partial charge is 0.261 e. The van der Waals surface area contributed by atoms with E-state index in [-0.39, 0.29) is 5.91 Å². The SMILES string of the molecule is Cc1nc2nnc(C)n2c2c1C(=O)Nc1ccccc1N2. The normalized spacial score (nSPS) is 13.1. The number of anilines is 3. The maximum absolute atomic E-state index is 12.5. The molecule has 0 unspecified atom stereocenters. The second-order valence-corrected chi connectivity index (χ2v) is 4.93. The van der Waals surface area contributed by atoms with Gasteiger partial charge in [0.05, 0.1) is 17.1 Å². The molecule has 7 nitrogen and oxygen atoms in total. The fraction of sp³-hybridized carbons (Fsp3) is 0.143. The van der Waals surface area contributed by atoms with Gasteiger partial charge in [-0.2, -0.15) is 0 Å². The summed E-state index contributed by atoms with van der Waals surface area (Å²) in [6, 6.07) is 7.55. The van der Waals surface area contributed by atoms with Gasteiger partial charge in [0.2, 0.25) is 0 Å². The van der Waals surface area contributed by atoms with Crippen LogP contribution in [0.4, 0.5) is 17.2 Å². The lowest BCUT2D eigenvalue weighted by atomic mass is 10.2. The molecule has 104 valence electrons. The number of nitrogens with zero attached hydrogens (tertiary/aromatic N) is 4. The zero-order chi connectivity index (χ0) is 14.6. The lowest BCUT2D eigenvalue weighted by molar-refractivity contribution is 0.102. The minimum atomic E-state index is -0.192. The van der Waals surface area contributed by atoms with Crippen LogP contribution in [0.2, 0.25) is 0 Å². The molecule has 2 N–H and O–H groups in total. The molecule has 0 bridgehead atoms. The highest BCUT2D eigenvalue weighted by Crippen LogP contribution is 2.33. The first kappa shape index (κ1) is 11.8. The van der Waals surface area contributed by atoms with Gasteiger partial charge in [-0.1, -0.05) is 12.1 Å². The molecule has 2 aromatic heterocycles. The molecule has 0 atom stereocenters. The fourth-order valence-electron chi connectivity index (χ4n) is 2.58. The maximum atomic E-state index is 12.5. The van der Waals surface area contributed by atoms with E-state index in [1.54, 1.807) is 11.3 Å². The zero-order valence-electron chi connectivity index (χ0n) is 11.5. The van der Waals surface area contributed by atoms with Gasteiger partial charge in [-0.25, -0.2) is 9.38 Å². The Morgan fingerprint density at radius 2 is 1.76 bits per heavy atom. The summed E-state index contributed by atoms with van der Waals surface area (Å²) in [7, 11) is 0. The van der Waals surface area contributed by atoms with Gasteiger partial charge in [0, 0.05) is 0 Å². The van der Waals surface area contributed by atoms with Gasteiger partial charge >= 0.3 is 0 Å². The van der Waals surface area contributed by atoms with Crippen molar-refractivity contribution >= 4 is 28.9 Å². The molecule has 21 heavy (non-hydrogen) atoms. The van der Waals surface area contributed by atoms with E-state index >= 15 is 0 Å². The Kier molecular flexibility index (Phi) is 2.26. The maximum Gasteiger partial charge on any atom is 0.261 e. The number of carbonyl (C=O) groups is 1. The van der Waals surface area contributed by atoms with Crippen LogP contribution < -0.4 is 10.6 Å². The molecule has 1 aliphatic rings. The van der Waals surface area contributed by atoms with Crippen LogP contribution >= 0.6 is 0 Å². The first-order chi connectivity index (χ1) is 10.1. The Morgan fingerprint density at radius 3 is 2.52 bits per heavy atom. The van der Waals surface area contributed by atoms with Crippen molar-refractivity contribution in [3.05, 3.63) is 41.3 Å². The predicted molar refractivity (Wildman–Crippen MR) is 77.9 cm³/mol. The number of aromatic nitrogens is 4. The molecular weight excluding hydrogens is 268 g/mol. The topological polar surface area (TPSA) is 84.2 Å². The van der Waals surface area contributed by atoms with E-state index in [4.69, 9.17) is 0 Å². The molecule has 3 heterocycles. The number of benzene rings is 1. The van der Waals surface area contributed by atoms with Gasteiger partial charge in [-0.05, 0) is 26.0 Å². The largest absolute Gasteiger partial charge is 0.339 e. The Bertz CT molecular complexity index is 898. The minimum Gasteiger partial charge on any atom is -0.339 e. The number of carbonyl (C=O) groups excluding carboxylic acids is 1. The fourth-order valence-corrected chi connectivity index (χ4v) is 2.58. The van der Waals surface area contributed by atoms with Crippen molar-refractivity contribution < 1.29 is 4.79 Å². The number of nitrogens with one attached hydrogen (secondary N) is 2. The number of para-hydroxylation sites is 2. The highest BCUT2D eigenvalue weighted by Gasteiger charge is 2.25. The van der Waals surface area contributed by atoms with E-state index in [0.717, 1.165) is 11.4 Å². The average molecular weight is 280 g/mol. The molecule has 0 saturated heterocycles. The first-order valence-corrected chi connectivity index (χ1v) is 6.55. The Morgan fingerprint density at radius 1 is 1.05 bits per heavy atom. The Labute approximate surface area is 120 Å². The number of amides is 1. The zero-order valence-corrected chi connectivity index (χ0v) is 11.5. The lowest BCUT2D eigenvalue weighted by Crippen LogP contribution is -2.15. The monoisotopic (exact) mass is 280 g/mol. The predicted octanol–water partition coefficient (Wildman–Crippen LogP) is 2.05. The lowest BCUT2D eigenvalue weighted by Gasteiger charge is -2.12. The van der Waals surface area contributed by atoms with Crippen molar-refractivity contribution in [2.75, 3.05) is 10.6 Å². The van der Waals surface area contributed by atoms with Gasteiger partial charge in [-0.15, -0.1) is 10.2 Å². The molecule has 4 rings (SSSR count). The minimum absolute atomic E-state index is 0.192. The summed E-state index contributed by atoms with van der Waals surface area (Å²) in [4.78, 5) is 16.9. The van der Waals surface area contributed by atoms with Crippen LogP contribution in [0.3, 0.4) is 0 Å². The third-order valence-corrected chi connectivity index (χ3v) is 3.55. The third-order valence-electron chi connectivity index (χ3n) is 3.55. The van der Waals surface area contributed by atoms with Gasteiger partial charge in [0.25, 0.3) is 11.7 Å². The van der Waals surface area contributed by atoms with Crippen LogP contribution in [-0.2, 0) is 0 Å². The molecule has 0 spiro atoms. The van der Waals surface area contributed by atoms with Crippen LogP contribution in [0.5, 0.6) is 0 Å².